The van der Waals surface area contributed by atoms with Crippen molar-refractivity contribution in [1.29, 1.82) is 0 Å². The van der Waals surface area contributed by atoms with Crippen LogP contribution in [0.25, 0.3) is 0 Å². The third-order valence-corrected chi connectivity index (χ3v) is 6.72. The van der Waals surface area contributed by atoms with Crippen LogP contribution in [-0.4, -0.2) is 28.8 Å². The van der Waals surface area contributed by atoms with Crippen molar-refractivity contribution in [1.82, 2.24) is 10.2 Å². The molecule has 0 radical (unpaired) electrons. The van der Waals surface area contributed by atoms with Crippen LogP contribution in [0, 0.1) is 0 Å². The Balaban J connectivity index is 1.68. The standard InChI is InChI=1S/C26H33BrN2O2/c1-3-20-8-10-21(11-9-20)14-17-25(30)29(18-22-12-15-23(27)16-13-22)19(2)26(31)28-24-6-4-5-7-24/h8-13,15-16,19,24H,3-7,14,17-18H2,1-2H3,(H,28,31). The van der Waals surface area contributed by atoms with Gasteiger partial charge in [0.15, 0.2) is 0 Å². The molecule has 0 aromatic heterocycles. The summed E-state index contributed by atoms with van der Waals surface area (Å²) in [5.74, 6) is -0.0405. The van der Waals surface area contributed by atoms with Gasteiger partial charge in [-0.15, -0.1) is 0 Å². The van der Waals surface area contributed by atoms with Gasteiger partial charge in [-0.05, 0) is 61.4 Å². The summed E-state index contributed by atoms with van der Waals surface area (Å²) < 4.78 is 0.997. The lowest BCUT2D eigenvalue weighted by Gasteiger charge is -2.30. The van der Waals surface area contributed by atoms with E-state index in [1.807, 2.05) is 31.2 Å². The lowest BCUT2D eigenvalue weighted by atomic mass is 10.0. The molecule has 4 nitrogen and oxygen atoms in total. The van der Waals surface area contributed by atoms with Crippen LogP contribution < -0.4 is 5.32 Å². The number of rotatable bonds is 9. The Kier molecular flexibility index (Phi) is 8.70. The van der Waals surface area contributed by atoms with E-state index >= 15 is 0 Å². The van der Waals surface area contributed by atoms with Crippen LogP contribution in [0.15, 0.2) is 53.0 Å². The summed E-state index contributed by atoms with van der Waals surface area (Å²) in [5.41, 5.74) is 3.46. The van der Waals surface area contributed by atoms with Crippen molar-refractivity contribution in [3.8, 4) is 0 Å². The molecule has 166 valence electrons. The van der Waals surface area contributed by atoms with Crippen molar-refractivity contribution in [3.05, 3.63) is 69.7 Å². The third-order valence-electron chi connectivity index (χ3n) is 6.19. The van der Waals surface area contributed by atoms with Gasteiger partial charge in [0.1, 0.15) is 6.04 Å². The Bertz CT molecular complexity index is 858. The molecule has 0 bridgehead atoms. The van der Waals surface area contributed by atoms with Gasteiger partial charge >= 0.3 is 0 Å². The van der Waals surface area contributed by atoms with Gasteiger partial charge in [0.05, 0.1) is 0 Å². The number of halogens is 1. The van der Waals surface area contributed by atoms with Gasteiger partial charge in [-0.25, -0.2) is 0 Å². The number of hydrogen-bond donors (Lipinski definition) is 1. The van der Waals surface area contributed by atoms with E-state index in [4.69, 9.17) is 0 Å². The van der Waals surface area contributed by atoms with Crippen LogP contribution in [0.5, 0.6) is 0 Å². The number of nitrogens with zero attached hydrogens (tertiary/aromatic N) is 1. The first kappa shape index (κ1) is 23.5. The fourth-order valence-corrected chi connectivity index (χ4v) is 4.36. The van der Waals surface area contributed by atoms with E-state index in [0.29, 0.717) is 19.4 Å². The Morgan fingerprint density at radius 1 is 1.00 bits per heavy atom. The normalized spacial score (nSPS) is 14.9. The number of nitrogens with one attached hydrogen (secondary N) is 1. The summed E-state index contributed by atoms with van der Waals surface area (Å²) >= 11 is 3.46. The van der Waals surface area contributed by atoms with Gasteiger partial charge in [0.2, 0.25) is 11.8 Å². The Morgan fingerprint density at radius 2 is 1.58 bits per heavy atom. The highest BCUT2D eigenvalue weighted by Crippen LogP contribution is 2.19. The minimum absolute atomic E-state index is 0.0107. The summed E-state index contributed by atoms with van der Waals surface area (Å²) in [6, 6.07) is 16.1. The maximum Gasteiger partial charge on any atom is 0.242 e. The molecule has 31 heavy (non-hydrogen) atoms. The molecule has 1 atom stereocenters. The quantitative estimate of drug-likeness (QED) is 0.516. The molecule has 2 aromatic carbocycles. The molecule has 2 amide bonds. The smallest absolute Gasteiger partial charge is 0.242 e. The predicted octanol–water partition coefficient (Wildman–Crippen LogP) is 5.42. The second-order valence-electron chi connectivity index (χ2n) is 8.48. The average Bonchev–Trinajstić information content (AvgIpc) is 3.30. The number of aryl methyl sites for hydroxylation is 2. The molecule has 0 aliphatic heterocycles. The molecule has 3 rings (SSSR count). The highest BCUT2D eigenvalue weighted by Gasteiger charge is 2.28. The Labute approximate surface area is 194 Å². The Morgan fingerprint density at radius 3 is 2.19 bits per heavy atom. The molecule has 1 fully saturated rings. The number of benzene rings is 2. The molecular weight excluding hydrogens is 452 g/mol. The summed E-state index contributed by atoms with van der Waals surface area (Å²) in [7, 11) is 0. The van der Waals surface area contributed by atoms with Crippen molar-refractivity contribution < 1.29 is 9.59 Å². The topological polar surface area (TPSA) is 49.4 Å². The molecule has 0 spiro atoms. The maximum absolute atomic E-state index is 13.2. The predicted molar refractivity (Wildman–Crippen MR) is 129 cm³/mol. The summed E-state index contributed by atoms with van der Waals surface area (Å²) in [6.45, 7) is 4.41. The summed E-state index contributed by atoms with van der Waals surface area (Å²) in [5, 5.41) is 3.15. The minimum Gasteiger partial charge on any atom is -0.352 e. The van der Waals surface area contributed by atoms with Gasteiger partial charge in [0.25, 0.3) is 0 Å². The molecule has 1 saturated carbocycles. The number of carbonyl (C=O) groups excluding carboxylic acids is 2. The van der Waals surface area contributed by atoms with Crippen LogP contribution in [0.1, 0.15) is 62.6 Å². The van der Waals surface area contributed by atoms with Crippen LogP contribution >= 0.6 is 15.9 Å². The van der Waals surface area contributed by atoms with Gasteiger partial charge in [-0.2, -0.15) is 0 Å². The van der Waals surface area contributed by atoms with Crippen molar-refractivity contribution in [2.75, 3.05) is 0 Å². The van der Waals surface area contributed by atoms with Crippen molar-refractivity contribution >= 4 is 27.7 Å². The van der Waals surface area contributed by atoms with E-state index in [2.05, 4.69) is 52.4 Å². The minimum atomic E-state index is -0.501. The van der Waals surface area contributed by atoms with E-state index in [0.717, 1.165) is 47.7 Å². The number of amides is 2. The SMILES string of the molecule is CCc1ccc(CCC(=O)N(Cc2ccc(Br)cc2)C(C)C(=O)NC2CCCC2)cc1. The highest BCUT2D eigenvalue weighted by molar-refractivity contribution is 9.10. The van der Waals surface area contributed by atoms with E-state index < -0.39 is 6.04 Å². The van der Waals surface area contributed by atoms with E-state index in [-0.39, 0.29) is 17.9 Å². The molecule has 1 aliphatic carbocycles. The largest absolute Gasteiger partial charge is 0.352 e. The van der Waals surface area contributed by atoms with Crippen molar-refractivity contribution in [2.24, 2.45) is 0 Å². The van der Waals surface area contributed by atoms with Gasteiger partial charge < -0.3 is 10.2 Å². The molecule has 1 N–H and O–H groups in total. The fraction of sp³-hybridized carbons (Fsp3) is 0.462. The summed E-state index contributed by atoms with van der Waals surface area (Å²) in [4.78, 5) is 27.9. The first-order valence-corrected chi connectivity index (χ1v) is 12.2. The molecule has 1 unspecified atom stereocenters. The average molecular weight is 485 g/mol. The summed E-state index contributed by atoms with van der Waals surface area (Å²) in [6.07, 6.45) is 6.47. The number of carbonyl (C=O) groups is 2. The third kappa shape index (κ3) is 6.93. The lowest BCUT2D eigenvalue weighted by molar-refractivity contribution is -0.140. The Hall–Kier alpha value is -2.14. The molecular formula is C26H33BrN2O2. The number of hydrogen-bond acceptors (Lipinski definition) is 2. The van der Waals surface area contributed by atoms with E-state index in [1.165, 1.54) is 5.56 Å². The molecule has 2 aromatic rings. The second-order valence-corrected chi connectivity index (χ2v) is 9.40. The van der Waals surface area contributed by atoms with Gasteiger partial charge in [-0.1, -0.05) is 72.1 Å². The van der Waals surface area contributed by atoms with Gasteiger partial charge in [0, 0.05) is 23.5 Å². The van der Waals surface area contributed by atoms with Crippen molar-refractivity contribution in [3.63, 3.8) is 0 Å². The van der Waals surface area contributed by atoms with Crippen LogP contribution in [0.4, 0.5) is 0 Å². The maximum atomic E-state index is 13.2. The zero-order valence-corrected chi connectivity index (χ0v) is 20.2. The van der Waals surface area contributed by atoms with Crippen LogP contribution in [0.3, 0.4) is 0 Å². The fourth-order valence-electron chi connectivity index (χ4n) is 4.10. The molecule has 5 heteroatoms. The highest BCUT2D eigenvalue weighted by atomic mass is 79.9. The lowest BCUT2D eigenvalue weighted by Crippen LogP contribution is -2.49. The van der Waals surface area contributed by atoms with Crippen LogP contribution in [-0.2, 0) is 29.0 Å². The monoisotopic (exact) mass is 484 g/mol. The second kappa shape index (κ2) is 11.5. The van der Waals surface area contributed by atoms with Crippen molar-refractivity contribution in [2.45, 2.75) is 77.4 Å². The molecule has 0 heterocycles. The zero-order valence-electron chi connectivity index (χ0n) is 18.6. The first-order valence-electron chi connectivity index (χ1n) is 11.4. The molecule has 1 aliphatic rings. The van der Waals surface area contributed by atoms with E-state index in [9.17, 15) is 9.59 Å². The molecule has 0 saturated heterocycles. The van der Waals surface area contributed by atoms with Gasteiger partial charge in [-0.3, -0.25) is 9.59 Å². The zero-order chi connectivity index (χ0) is 22.2. The van der Waals surface area contributed by atoms with Crippen LogP contribution in [0.2, 0.25) is 0 Å². The van der Waals surface area contributed by atoms with E-state index in [1.54, 1.807) is 4.90 Å². The first-order chi connectivity index (χ1) is 15.0.